The fourth-order valence-corrected chi connectivity index (χ4v) is 5.14. The van der Waals surface area contributed by atoms with Crippen LogP contribution in [0.3, 0.4) is 0 Å². The number of hydrogen-bond donors (Lipinski definition) is 1. The Labute approximate surface area is 206 Å². The lowest BCUT2D eigenvalue weighted by Crippen LogP contribution is -2.64. The zero-order valence-corrected chi connectivity index (χ0v) is 20.2. The molecule has 3 amide bonds. The second-order valence-corrected chi connectivity index (χ2v) is 9.86. The first-order valence-corrected chi connectivity index (χ1v) is 12.1. The Bertz CT molecular complexity index is 1150. The number of hydrogen-bond acceptors (Lipinski definition) is 6. The summed E-state index contributed by atoms with van der Waals surface area (Å²) in [4.78, 5) is 41.9. The molecule has 0 aromatic heterocycles. The number of morpholine rings is 1. The van der Waals surface area contributed by atoms with Crippen molar-refractivity contribution in [1.82, 2.24) is 15.1 Å². The van der Waals surface area contributed by atoms with Crippen molar-refractivity contribution in [2.75, 3.05) is 26.3 Å². The quantitative estimate of drug-likeness (QED) is 0.464. The topological polar surface area (TPSA) is 88.2 Å². The number of rotatable bonds is 6. The van der Waals surface area contributed by atoms with Gasteiger partial charge >= 0.3 is 0 Å². The second kappa shape index (κ2) is 9.51. The number of fused-ring (bicyclic) bond motifs is 1. The van der Waals surface area contributed by atoms with Crippen LogP contribution in [0.2, 0.25) is 5.82 Å². The van der Waals surface area contributed by atoms with E-state index in [4.69, 9.17) is 9.47 Å². The maximum absolute atomic E-state index is 13.3. The molecule has 10 heteroatoms. The van der Waals surface area contributed by atoms with Gasteiger partial charge in [0.1, 0.15) is 28.0 Å². The maximum atomic E-state index is 13.3. The first-order chi connectivity index (χ1) is 16.8. The van der Waals surface area contributed by atoms with Crippen molar-refractivity contribution in [1.29, 1.82) is 0 Å². The molecule has 0 saturated carbocycles. The van der Waals surface area contributed by atoms with E-state index in [0.717, 1.165) is 44.0 Å². The van der Waals surface area contributed by atoms with E-state index in [2.05, 4.69) is 34.5 Å². The highest BCUT2D eigenvalue weighted by Crippen LogP contribution is 2.38. The molecule has 3 heterocycles. The van der Waals surface area contributed by atoms with Crippen molar-refractivity contribution in [2.24, 2.45) is 0 Å². The summed E-state index contributed by atoms with van der Waals surface area (Å²) in [6.45, 7) is 5.04. The van der Waals surface area contributed by atoms with Crippen LogP contribution in [0.5, 0.6) is 5.75 Å². The van der Waals surface area contributed by atoms with Gasteiger partial charge in [-0.1, -0.05) is 30.3 Å². The predicted octanol–water partition coefficient (Wildman–Crippen LogP) is -0.149. The van der Waals surface area contributed by atoms with Gasteiger partial charge in [0.25, 0.3) is 5.91 Å². The molecule has 2 unspecified atom stereocenters. The highest BCUT2D eigenvalue weighted by atomic mass is 16.5. The van der Waals surface area contributed by atoms with E-state index < -0.39 is 11.3 Å². The Morgan fingerprint density at radius 3 is 2.51 bits per heavy atom. The van der Waals surface area contributed by atoms with Crippen molar-refractivity contribution < 1.29 is 23.9 Å². The normalized spacial score (nSPS) is 24.9. The number of imide groups is 1. The SMILES string of the molecule is BC1CC(B)(N2Cc3c(OCc4ccc(CN5CCOCC5)cc4)cccc3C2=O)C(=O)NC1=O. The van der Waals surface area contributed by atoms with Crippen molar-refractivity contribution in [3.63, 3.8) is 0 Å². The van der Waals surface area contributed by atoms with E-state index in [0.29, 0.717) is 24.3 Å². The van der Waals surface area contributed by atoms with Gasteiger partial charge in [0.05, 0.1) is 25.2 Å². The van der Waals surface area contributed by atoms with Gasteiger partial charge in [-0.15, -0.1) is 0 Å². The number of carbonyl (C=O) groups excluding carboxylic acids is 3. The Morgan fingerprint density at radius 1 is 1.06 bits per heavy atom. The molecular weight excluding hydrogens is 444 g/mol. The number of nitrogens with one attached hydrogen (secondary N) is 1. The van der Waals surface area contributed by atoms with Crippen LogP contribution >= 0.6 is 0 Å². The Balaban J connectivity index is 1.26. The van der Waals surface area contributed by atoms with Crippen LogP contribution in [0.1, 0.15) is 33.5 Å². The van der Waals surface area contributed by atoms with Crippen LogP contribution in [0.4, 0.5) is 0 Å². The molecule has 5 rings (SSSR count). The summed E-state index contributed by atoms with van der Waals surface area (Å²) in [5.74, 6) is -0.647. The molecule has 2 atom stereocenters. The molecule has 0 bridgehead atoms. The van der Waals surface area contributed by atoms with Crippen LogP contribution in [0.15, 0.2) is 42.5 Å². The van der Waals surface area contributed by atoms with Crippen molar-refractivity contribution in [3.05, 3.63) is 64.7 Å². The maximum Gasteiger partial charge on any atom is 0.254 e. The van der Waals surface area contributed by atoms with Gasteiger partial charge in [-0.05, 0) is 29.7 Å². The van der Waals surface area contributed by atoms with E-state index >= 15 is 0 Å². The third kappa shape index (κ3) is 4.60. The number of ether oxygens (including phenoxy) is 2. The zero-order chi connectivity index (χ0) is 24.6. The summed E-state index contributed by atoms with van der Waals surface area (Å²) in [5, 5.41) is 2.42. The Kier molecular flexibility index (Phi) is 6.42. The highest BCUT2D eigenvalue weighted by Gasteiger charge is 2.50. The molecular formula is C25H29B2N3O5. The van der Waals surface area contributed by atoms with Gasteiger partial charge in [-0.2, -0.15) is 0 Å². The van der Waals surface area contributed by atoms with Crippen molar-refractivity contribution >= 4 is 33.4 Å². The fourth-order valence-electron chi connectivity index (χ4n) is 5.14. The lowest BCUT2D eigenvalue weighted by Gasteiger charge is -2.42. The van der Waals surface area contributed by atoms with Crippen molar-refractivity contribution in [2.45, 2.75) is 37.4 Å². The van der Waals surface area contributed by atoms with Crippen LogP contribution in [-0.4, -0.2) is 75.0 Å². The summed E-state index contributed by atoms with van der Waals surface area (Å²) in [6, 6.07) is 13.8. The molecule has 0 spiro atoms. The average molecular weight is 473 g/mol. The van der Waals surface area contributed by atoms with Crippen molar-refractivity contribution in [3.8, 4) is 5.75 Å². The molecule has 2 saturated heterocycles. The van der Waals surface area contributed by atoms with Gasteiger partial charge in [0, 0.05) is 36.6 Å². The van der Waals surface area contributed by atoms with Gasteiger partial charge < -0.3 is 14.4 Å². The van der Waals surface area contributed by atoms with Crippen LogP contribution in [-0.2, 0) is 34.0 Å². The summed E-state index contributed by atoms with van der Waals surface area (Å²) >= 11 is 0. The summed E-state index contributed by atoms with van der Waals surface area (Å²) in [6.07, 6.45) is 0.296. The molecule has 35 heavy (non-hydrogen) atoms. The molecule has 2 fully saturated rings. The van der Waals surface area contributed by atoms with Gasteiger partial charge in [-0.3, -0.25) is 24.6 Å². The molecule has 3 aliphatic heterocycles. The first-order valence-electron chi connectivity index (χ1n) is 12.1. The smallest absolute Gasteiger partial charge is 0.254 e. The molecule has 3 aliphatic rings. The Morgan fingerprint density at radius 2 is 1.77 bits per heavy atom. The summed E-state index contributed by atoms with van der Waals surface area (Å²) in [5.41, 5.74) is 2.53. The van der Waals surface area contributed by atoms with Gasteiger partial charge in [-0.25, -0.2) is 0 Å². The molecule has 180 valence electrons. The monoisotopic (exact) mass is 473 g/mol. The van der Waals surface area contributed by atoms with E-state index in [1.807, 2.05) is 6.07 Å². The Hall–Kier alpha value is -3.10. The molecule has 0 radical (unpaired) electrons. The minimum atomic E-state index is -1.09. The molecule has 1 N–H and O–H groups in total. The molecule has 8 nitrogen and oxygen atoms in total. The lowest BCUT2D eigenvalue weighted by molar-refractivity contribution is -0.138. The van der Waals surface area contributed by atoms with Crippen LogP contribution < -0.4 is 10.1 Å². The van der Waals surface area contributed by atoms with Gasteiger partial charge in [0.15, 0.2) is 0 Å². The predicted molar refractivity (Wildman–Crippen MR) is 135 cm³/mol. The first kappa shape index (κ1) is 23.6. The number of piperidine rings is 1. The minimum Gasteiger partial charge on any atom is -0.489 e. The molecule has 0 aliphatic carbocycles. The third-order valence-electron chi connectivity index (χ3n) is 7.32. The van der Waals surface area contributed by atoms with Crippen LogP contribution in [0.25, 0.3) is 0 Å². The third-order valence-corrected chi connectivity index (χ3v) is 7.32. The van der Waals surface area contributed by atoms with Gasteiger partial charge in [0.2, 0.25) is 11.8 Å². The second-order valence-electron chi connectivity index (χ2n) is 9.86. The number of amides is 3. The molecule has 2 aromatic carbocycles. The standard InChI is InChI=1S/C25H29B2N3O5/c26-20-12-25(27,24(33)28-22(20)31)30-14-19-18(23(30)32)2-1-3-21(19)35-15-17-6-4-16(5-7-17)13-29-8-10-34-11-9-29/h1-7,20H,8-15,26-27H2,(H,28,31,33). The summed E-state index contributed by atoms with van der Waals surface area (Å²) < 4.78 is 11.6. The largest absolute Gasteiger partial charge is 0.489 e. The van der Waals surface area contributed by atoms with E-state index in [-0.39, 0.29) is 24.2 Å². The molecule has 2 aromatic rings. The average Bonchev–Trinajstić information content (AvgIpc) is 3.21. The number of benzene rings is 2. The van der Waals surface area contributed by atoms with E-state index in [1.165, 1.54) is 5.56 Å². The number of carbonyl (C=O) groups is 3. The lowest BCUT2D eigenvalue weighted by atomic mass is 9.62. The zero-order valence-electron chi connectivity index (χ0n) is 20.2. The number of nitrogens with zero attached hydrogens (tertiary/aromatic N) is 2. The minimum absolute atomic E-state index is 0.211. The van der Waals surface area contributed by atoms with E-state index in [1.54, 1.807) is 32.7 Å². The summed E-state index contributed by atoms with van der Waals surface area (Å²) in [7, 11) is 3.50. The van der Waals surface area contributed by atoms with Crippen LogP contribution in [0, 0.1) is 0 Å². The fraction of sp³-hybridized carbons (Fsp3) is 0.400. The van der Waals surface area contributed by atoms with E-state index in [9.17, 15) is 14.4 Å². The highest BCUT2D eigenvalue weighted by molar-refractivity contribution is 6.36.